The molecule has 2 heteroatoms. The van der Waals surface area contributed by atoms with Crippen molar-refractivity contribution in [1.29, 1.82) is 0 Å². The second kappa shape index (κ2) is 9.89. The van der Waals surface area contributed by atoms with E-state index in [4.69, 9.17) is 0 Å². The number of nitrogens with zero attached hydrogens (tertiary/aromatic N) is 2. The van der Waals surface area contributed by atoms with E-state index in [9.17, 15) is 0 Å². The van der Waals surface area contributed by atoms with Crippen molar-refractivity contribution in [1.82, 2.24) is 0 Å². The fourth-order valence-corrected chi connectivity index (χ4v) is 8.37. The van der Waals surface area contributed by atoms with Crippen LogP contribution in [0.15, 0.2) is 18.2 Å². The number of fused-ring (bicyclic) bond motifs is 1. The van der Waals surface area contributed by atoms with Crippen LogP contribution in [0.5, 0.6) is 0 Å². The van der Waals surface area contributed by atoms with Gasteiger partial charge in [0.1, 0.15) is 19.1 Å². The Morgan fingerprint density at radius 3 is 2.12 bits per heavy atom. The van der Waals surface area contributed by atoms with Gasteiger partial charge in [-0.3, -0.25) is 0 Å². The molecular weight excluding hydrogens is 412 g/mol. The number of piperidine rings is 1. The number of benzene rings is 1. The van der Waals surface area contributed by atoms with E-state index in [2.05, 4.69) is 94.6 Å². The summed E-state index contributed by atoms with van der Waals surface area (Å²) in [6.45, 7) is 26.7. The van der Waals surface area contributed by atoms with Gasteiger partial charge in [-0.15, -0.1) is 0 Å². The molecule has 1 aliphatic carbocycles. The summed E-state index contributed by atoms with van der Waals surface area (Å²) in [6.07, 6.45) is 6.48. The molecule has 2 nitrogen and oxygen atoms in total. The van der Waals surface area contributed by atoms with Crippen LogP contribution in [-0.4, -0.2) is 54.3 Å². The summed E-state index contributed by atoms with van der Waals surface area (Å²) in [6, 6.07) is 8.11. The van der Waals surface area contributed by atoms with E-state index in [0.717, 1.165) is 36.6 Å². The maximum Gasteiger partial charge on any atom is 0.143 e. The highest BCUT2D eigenvalue weighted by molar-refractivity contribution is 5.32. The molecular formula is C32H58N2+2. The van der Waals surface area contributed by atoms with Crippen LogP contribution in [0.25, 0.3) is 0 Å². The molecule has 6 atom stereocenters. The van der Waals surface area contributed by atoms with E-state index in [1.54, 1.807) is 11.1 Å². The molecule has 3 aliphatic rings. The second-order valence-corrected chi connectivity index (χ2v) is 14.3. The molecule has 0 N–H and O–H groups in total. The first-order chi connectivity index (χ1) is 15.7. The smallest absolute Gasteiger partial charge is 0.143 e. The summed E-state index contributed by atoms with van der Waals surface area (Å²) in [7, 11) is 5.20. The Kier molecular flexibility index (Phi) is 8.06. The number of likely N-dealkylation sites (tertiary alicyclic amines) is 2. The van der Waals surface area contributed by atoms with Crippen LogP contribution in [0.3, 0.4) is 0 Å². The summed E-state index contributed by atoms with van der Waals surface area (Å²) < 4.78 is 2.56. The summed E-state index contributed by atoms with van der Waals surface area (Å²) in [5, 5.41) is 0. The molecule has 1 aromatic rings. The van der Waals surface area contributed by atoms with E-state index in [-0.39, 0.29) is 0 Å². The fraction of sp³-hybridized carbons (Fsp3) is 0.812. The molecule has 2 aliphatic heterocycles. The van der Waals surface area contributed by atoms with E-state index in [1.807, 2.05) is 0 Å². The van der Waals surface area contributed by atoms with Crippen molar-refractivity contribution >= 4 is 0 Å². The summed E-state index contributed by atoms with van der Waals surface area (Å²) >= 11 is 0. The monoisotopic (exact) mass is 470 g/mol. The van der Waals surface area contributed by atoms with Gasteiger partial charge in [0.25, 0.3) is 0 Å². The van der Waals surface area contributed by atoms with Gasteiger partial charge in [0.15, 0.2) is 0 Å². The van der Waals surface area contributed by atoms with Crippen molar-refractivity contribution in [2.24, 2.45) is 23.2 Å². The molecule has 2 heterocycles. The lowest BCUT2D eigenvalue weighted by Crippen LogP contribution is -2.70. The standard InChI is InChI=1S/C27H46N2.C5H12/c1-9-21-11-12-22(10-2)23(13-21)16-28(7)19-26(5)18-27(6)14-24(26)25(28)17-29(27,8)15-20(3)4;1-4-5(2)3/h11-13,20,24-25H,9-10,14-19H2,1-8H3;5H,4H2,1-3H3/q+2;. The van der Waals surface area contributed by atoms with Crippen LogP contribution in [-0.2, 0) is 19.4 Å². The fourth-order valence-electron chi connectivity index (χ4n) is 8.37. The molecule has 2 bridgehead atoms. The van der Waals surface area contributed by atoms with Crippen LogP contribution < -0.4 is 0 Å². The predicted octanol–water partition coefficient (Wildman–Crippen LogP) is 7.48. The SMILES string of the molecule is CCC(C)C.CCc1ccc(CC)c(C[N+]2(C)CC3(C)CC4(C)CC3C2C[N+]4(C)CC(C)C)c1. The Morgan fingerprint density at radius 2 is 1.59 bits per heavy atom. The van der Waals surface area contributed by atoms with Gasteiger partial charge >= 0.3 is 0 Å². The minimum Gasteiger partial charge on any atom is -0.316 e. The maximum absolute atomic E-state index is 2.65. The zero-order valence-electron chi connectivity index (χ0n) is 24.8. The number of likely N-dealkylation sites (N-methyl/N-ethyl adjacent to an activating group) is 2. The van der Waals surface area contributed by atoms with Crippen molar-refractivity contribution in [3.05, 3.63) is 34.9 Å². The Balaban J connectivity index is 0.000000588. The van der Waals surface area contributed by atoms with Crippen molar-refractivity contribution in [3.63, 3.8) is 0 Å². The van der Waals surface area contributed by atoms with Gasteiger partial charge < -0.3 is 8.97 Å². The molecule has 194 valence electrons. The lowest BCUT2D eigenvalue weighted by Gasteiger charge is -2.56. The number of quaternary nitrogens is 2. The van der Waals surface area contributed by atoms with Crippen molar-refractivity contribution in [2.75, 3.05) is 33.7 Å². The lowest BCUT2D eigenvalue weighted by atomic mass is 9.80. The maximum atomic E-state index is 2.65. The first kappa shape index (κ1) is 27.7. The van der Waals surface area contributed by atoms with Gasteiger partial charge in [-0.1, -0.05) is 73.9 Å². The van der Waals surface area contributed by atoms with Crippen molar-refractivity contribution in [3.8, 4) is 0 Å². The second-order valence-electron chi connectivity index (χ2n) is 14.3. The number of rotatable bonds is 7. The molecule has 2 saturated heterocycles. The molecule has 1 aromatic carbocycles. The minimum absolute atomic E-state index is 0.488. The predicted molar refractivity (Wildman–Crippen MR) is 149 cm³/mol. The Bertz CT molecular complexity index is 843. The van der Waals surface area contributed by atoms with Gasteiger partial charge in [0.2, 0.25) is 0 Å². The van der Waals surface area contributed by atoms with Crippen LogP contribution in [0.2, 0.25) is 0 Å². The number of hydrogen-bond donors (Lipinski definition) is 0. The molecule has 4 rings (SSSR count). The van der Waals surface area contributed by atoms with Crippen LogP contribution in [0.1, 0.15) is 98.3 Å². The van der Waals surface area contributed by atoms with Crippen molar-refractivity contribution in [2.45, 2.75) is 113 Å². The Labute approximate surface area is 213 Å². The molecule has 1 saturated carbocycles. The Hall–Kier alpha value is -0.860. The molecule has 0 aromatic heterocycles. The van der Waals surface area contributed by atoms with Gasteiger partial charge in [-0.25, -0.2) is 0 Å². The zero-order valence-corrected chi connectivity index (χ0v) is 24.8. The first-order valence-electron chi connectivity index (χ1n) is 14.5. The minimum atomic E-state index is 0.488. The van der Waals surface area contributed by atoms with Gasteiger partial charge in [0.05, 0.1) is 32.7 Å². The van der Waals surface area contributed by atoms with Gasteiger partial charge in [-0.05, 0) is 42.9 Å². The van der Waals surface area contributed by atoms with Crippen LogP contribution in [0.4, 0.5) is 0 Å². The lowest BCUT2D eigenvalue weighted by molar-refractivity contribution is -1.02. The normalized spacial score (nSPS) is 38.4. The first-order valence-corrected chi connectivity index (χ1v) is 14.5. The topological polar surface area (TPSA) is 0 Å². The van der Waals surface area contributed by atoms with E-state index >= 15 is 0 Å². The molecule has 0 radical (unpaired) electrons. The summed E-state index contributed by atoms with van der Waals surface area (Å²) in [5.74, 6) is 2.57. The third kappa shape index (κ3) is 5.01. The number of hydrogen-bond acceptors (Lipinski definition) is 0. The van der Waals surface area contributed by atoms with E-state index in [1.165, 1.54) is 60.0 Å². The quantitative estimate of drug-likeness (QED) is 0.362. The Morgan fingerprint density at radius 1 is 0.941 bits per heavy atom. The highest BCUT2D eigenvalue weighted by atomic mass is 15.5. The van der Waals surface area contributed by atoms with Crippen molar-refractivity contribution < 1.29 is 8.97 Å². The molecule has 6 unspecified atom stereocenters. The average molecular weight is 471 g/mol. The molecule has 0 amide bonds. The van der Waals surface area contributed by atoms with Crippen LogP contribution >= 0.6 is 0 Å². The highest BCUT2D eigenvalue weighted by Gasteiger charge is 2.73. The number of aryl methyl sites for hydroxylation is 2. The van der Waals surface area contributed by atoms with E-state index in [0.29, 0.717) is 11.0 Å². The van der Waals surface area contributed by atoms with Crippen LogP contribution in [0, 0.1) is 23.2 Å². The summed E-state index contributed by atoms with van der Waals surface area (Å²) in [4.78, 5) is 0. The van der Waals surface area contributed by atoms with E-state index < -0.39 is 0 Å². The van der Waals surface area contributed by atoms with Gasteiger partial charge in [-0.2, -0.15) is 0 Å². The largest absolute Gasteiger partial charge is 0.316 e. The highest BCUT2D eigenvalue weighted by Crippen LogP contribution is 2.64. The third-order valence-corrected chi connectivity index (χ3v) is 10.4. The zero-order chi connectivity index (χ0) is 25.5. The molecule has 34 heavy (non-hydrogen) atoms. The summed E-state index contributed by atoms with van der Waals surface area (Å²) in [5.41, 5.74) is 5.72. The third-order valence-electron chi connectivity index (χ3n) is 10.4. The molecule has 3 fully saturated rings. The average Bonchev–Trinajstić information content (AvgIpc) is 3.09. The van der Waals surface area contributed by atoms with Gasteiger partial charge in [0, 0.05) is 35.7 Å². The molecule has 0 spiro atoms.